The molecular formula is C24H23ClN4O2. The van der Waals surface area contributed by atoms with Crippen LogP contribution >= 0.6 is 11.6 Å². The fraction of sp³-hybridized carbons (Fsp3) is 0.208. The van der Waals surface area contributed by atoms with Gasteiger partial charge in [0.15, 0.2) is 0 Å². The minimum Gasteiger partial charge on any atom is -0.494 e. The van der Waals surface area contributed by atoms with E-state index < -0.39 is 0 Å². The Balaban J connectivity index is 1.46. The summed E-state index contributed by atoms with van der Waals surface area (Å²) in [6, 6.07) is 18.9. The number of pyridine rings is 1. The van der Waals surface area contributed by atoms with Crippen molar-refractivity contribution in [3.8, 4) is 5.75 Å². The van der Waals surface area contributed by atoms with Gasteiger partial charge < -0.3 is 14.2 Å². The summed E-state index contributed by atoms with van der Waals surface area (Å²) in [5.74, 6) is 1.55. The van der Waals surface area contributed by atoms with Gasteiger partial charge in [0, 0.05) is 31.0 Å². The van der Waals surface area contributed by atoms with E-state index in [9.17, 15) is 4.79 Å². The number of carbonyl (C=O) groups is 1. The average molecular weight is 435 g/mol. The van der Waals surface area contributed by atoms with Crippen molar-refractivity contribution in [3.63, 3.8) is 0 Å². The first kappa shape index (κ1) is 20.9. The molecule has 0 N–H and O–H groups in total. The number of imidazole rings is 1. The molecule has 0 aliphatic heterocycles. The molecule has 0 saturated carbocycles. The molecule has 158 valence electrons. The molecule has 2 aromatic heterocycles. The van der Waals surface area contributed by atoms with Gasteiger partial charge in [0.1, 0.15) is 11.6 Å². The van der Waals surface area contributed by atoms with Crippen LogP contribution in [-0.2, 0) is 13.1 Å². The third kappa shape index (κ3) is 5.03. The smallest absolute Gasteiger partial charge is 0.255 e. The normalized spacial score (nSPS) is 10.9. The van der Waals surface area contributed by atoms with Gasteiger partial charge in [-0.2, -0.15) is 0 Å². The maximum Gasteiger partial charge on any atom is 0.255 e. The predicted molar refractivity (Wildman–Crippen MR) is 121 cm³/mol. The number of hydrogen-bond donors (Lipinski definition) is 0. The van der Waals surface area contributed by atoms with Crippen molar-refractivity contribution in [2.24, 2.45) is 0 Å². The van der Waals surface area contributed by atoms with Crippen LogP contribution in [0.5, 0.6) is 5.75 Å². The minimum absolute atomic E-state index is 0.0854. The van der Waals surface area contributed by atoms with Crippen LogP contribution in [0.1, 0.15) is 22.6 Å². The number of aromatic nitrogens is 3. The number of benzene rings is 2. The summed E-state index contributed by atoms with van der Waals surface area (Å²) in [6.07, 6.45) is 4.04. The van der Waals surface area contributed by atoms with E-state index in [-0.39, 0.29) is 5.91 Å². The highest BCUT2D eigenvalue weighted by Gasteiger charge is 2.17. The van der Waals surface area contributed by atoms with Crippen LogP contribution in [0.2, 0.25) is 5.02 Å². The van der Waals surface area contributed by atoms with Gasteiger partial charge in [-0.1, -0.05) is 23.7 Å². The summed E-state index contributed by atoms with van der Waals surface area (Å²) < 4.78 is 7.98. The number of nitrogens with zero attached hydrogens (tertiary/aromatic N) is 4. The Morgan fingerprint density at radius 1 is 1.10 bits per heavy atom. The zero-order valence-electron chi connectivity index (χ0n) is 17.2. The minimum atomic E-state index is -0.0854. The van der Waals surface area contributed by atoms with E-state index in [0.717, 1.165) is 35.6 Å². The van der Waals surface area contributed by atoms with Gasteiger partial charge in [0.25, 0.3) is 5.91 Å². The molecule has 0 unspecified atom stereocenters. The summed E-state index contributed by atoms with van der Waals surface area (Å²) in [5.41, 5.74) is 2.52. The highest BCUT2D eigenvalue weighted by molar-refractivity contribution is 6.30. The van der Waals surface area contributed by atoms with E-state index in [1.165, 1.54) is 0 Å². The van der Waals surface area contributed by atoms with Crippen molar-refractivity contribution in [2.45, 2.75) is 19.5 Å². The van der Waals surface area contributed by atoms with E-state index in [4.69, 9.17) is 21.3 Å². The average Bonchev–Trinajstić information content (AvgIpc) is 3.15. The van der Waals surface area contributed by atoms with Gasteiger partial charge in [-0.3, -0.25) is 9.78 Å². The van der Waals surface area contributed by atoms with Crippen LogP contribution < -0.4 is 4.74 Å². The van der Waals surface area contributed by atoms with E-state index in [1.54, 1.807) is 36.5 Å². The van der Waals surface area contributed by atoms with E-state index in [2.05, 4.69) is 15.6 Å². The van der Waals surface area contributed by atoms with Crippen LogP contribution in [0.4, 0.5) is 0 Å². The largest absolute Gasteiger partial charge is 0.494 e. The first-order chi connectivity index (χ1) is 15.1. The van der Waals surface area contributed by atoms with E-state index >= 15 is 0 Å². The fourth-order valence-electron chi connectivity index (χ4n) is 3.43. The Morgan fingerprint density at radius 2 is 1.90 bits per heavy atom. The van der Waals surface area contributed by atoms with Crippen LogP contribution in [0, 0.1) is 0 Å². The number of carbonyl (C=O) groups excluding carboxylic acids is 1. The number of rotatable bonds is 8. The summed E-state index contributed by atoms with van der Waals surface area (Å²) in [4.78, 5) is 23.2. The molecule has 0 atom stereocenters. The summed E-state index contributed by atoms with van der Waals surface area (Å²) >= 11 is 5.92. The molecule has 2 heterocycles. The number of fused-ring (bicyclic) bond motifs is 1. The van der Waals surface area contributed by atoms with Crippen molar-refractivity contribution < 1.29 is 9.53 Å². The topological polar surface area (TPSA) is 60.2 Å². The maximum absolute atomic E-state index is 12.7. The molecule has 4 rings (SSSR count). The molecule has 0 spiro atoms. The van der Waals surface area contributed by atoms with Crippen LogP contribution in [0.3, 0.4) is 0 Å². The van der Waals surface area contributed by atoms with Gasteiger partial charge in [-0.15, -0.1) is 0 Å². The van der Waals surface area contributed by atoms with E-state index in [0.29, 0.717) is 23.7 Å². The number of para-hydroxylation sites is 2. The molecule has 2 aromatic carbocycles. The monoisotopic (exact) mass is 434 g/mol. The fourth-order valence-corrected chi connectivity index (χ4v) is 3.56. The third-order valence-electron chi connectivity index (χ3n) is 4.98. The van der Waals surface area contributed by atoms with Crippen molar-refractivity contribution in [3.05, 3.63) is 89.5 Å². The Morgan fingerprint density at radius 3 is 2.68 bits per heavy atom. The second-order valence-corrected chi connectivity index (χ2v) is 7.66. The van der Waals surface area contributed by atoms with Gasteiger partial charge in [0.2, 0.25) is 0 Å². The third-order valence-corrected chi connectivity index (χ3v) is 5.23. The summed E-state index contributed by atoms with van der Waals surface area (Å²) in [7, 11) is 1.78. The van der Waals surface area contributed by atoms with E-state index in [1.807, 2.05) is 42.5 Å². The molecule has 31 heavy (non-hydrogen) atoms. The van der Waals surface area contributed by atoms with Gasteiger partial charge >= 0.3 is 0 Å². The standard InChI is InChI=1S/C24H23ClN4O2/c1-28(24(30)18-6-4-13-26-16-18)17-23-27-21-7-2-3-8-22(21)29(23)14-5-15-31-20-11-9-19(25)10-12-20/h2-4,6-13,16H,5,14-15,17H2,1H3. The van der Waals surface area contributed by atoms with Gasteiger partial charge in [-0.05, 0) is 55.0 Å². The first-order valence-electron chi connectivity index (χ1n) is 10.1. The molecule has 7 heteroatoms. The Bertz CT molecular complexity index is 1160. The number of aryl methyl sites for hydroxylation is 1. The molecule has 0 radical (unpaired) electrons. The maximum atomic E-state index is 12.7. The second kappa shape index (κ2) is 9.62. The molecule has 0 aliphatic carbocycles. The first-order valence-corrected chi connectivity index (χ1v) is 10.5. The van der Waals surface area contributed by atoms with Crippen LogP contribution in [0.15, 0.2) is 73.1 Å². The molecule has 0 aliphatic rings. The Labute approximate surface area is 186 Å². The second-order valence-electron chi connectivity index (χ2n) is 7.23. The zero-order chi connectivity index (χ0) is 21.6. The number of amides is 1. The van der Waals surface area contributed by atoms with Gasteiger partial charge in [-0.25, -0.2) is 4.98 Å². The highest BCUT2D eigenvalue weighted by Crippen LogP contribution is 2.19. The lowest BCUT2D eigenvalue weighted by Gasteiger charge is -2.18. The SMILES string of the molecule is CN(Cc1nc2ccccc2n1CCCOc1ccc(Cl)cc1)C(=O)c1cccnc1. The van der Waals surface area contributed by atoms with Crippen molar-refractivity contribution in [1.82, 2.24) is 19.4 Å². The van der Waals surface area contributed by atoms with Crippen molar-refractivity contribution in [1.29, 1.82) is 0 Å². The number of halogens is 1. The lowest BCUT2D eigenvalue weighted by molar-refractivity contribution is 0.0779. The molecule has 6 nitrogen and oxygen atoms in total. The molecule has 0 bridgehead atoms. The van der Waals surface area contributed by atoms with Crippen molar-refractivity contribution in [2.75, 3.05) is 13.7 Å². The lowest BCUT2D eigenvalue weighted by atomic mass is 10.2. The lowest BCUT2D eigenvalue weighted by Crippen LogP contribution is -2.28. The predicted octanol–water partition coefficient (Wildman–Crippen LogP) is 4.83. The van der Waals surface area contributed by atoms with Crippen LogP contribution in [-0.4, -0.2) is 39.0 Å². The highest BCUT2D eigenvalue weighted by atomic mass is 35.5. The quantitative estimate of drug-likeness (QED) is 0.373. The molecule has 0 fully saturated rings. The zero-order valence-corrected chi connectivity index (χ0v) is 18.0. The molecular weight excluding hydrogens is 412 g/mol. The number of hydrogen-bond acceptors (Lipinski definition) is 4. The number of ether oxygens (including phenoxy) is 1. The molecule has 0 saturated heterocycles. The van der Waals surface area contributed by atoms with Gasteiger partial charge in [0.05, 0.1) is 29.7 Å². The van der Waals surface area contributed by atoms with Crippen molar-refractivity contribution >= 4 is 28.5 Å². The summed E-state index contributed by atoms with van der Waals surface area (Å²) in [6.45, 7) is 1.71. The Kier molecular flexibility index (Phi) is 6.48. The Hall–Kier alpha value is -3.38. The summed E-state index contributed by atoms with van der Waals surface area (Å²) in [5, 5.41) is 0.687. The van der Waals surface area contributed by atoms with Crippen LogP contribution in [0.25, 0.3) is 11.0 Å². The molecule has 1 amide bonds. The molecule has 4 aromatic rings.